The van der Waals surface area contributed by atoms with Gasteiger partial charge in [-0.1, -0.05) is 52.3 Å². The summed E-state index contributed by atoms with van der Waals surface area (Å²) in [4.78, 5) is 10.3. The molecular formula is C12H11BrO2. The van der Waals surface area contributed by atoms with Gasteiger partial charge in [0.05, 0.1) is 0 Å². The molecule has 0 bridgehead atoms. The van der Waals surface area contributed by atoms with Gasteiger partial charge in [0, 0.05) is 11.4 Å². The zero-order valence-electron chi connectivity index (χ0n) is 8.06. The number of rotatable bonds is 4. The third kappa shape index (κ3) is 4.61. The third-order valence-electron chi connectivity index (χ3n) is 1.75. The maximum absolute atomic E-state index is 10.3. The van der Waals surface area contributed by atoms with Crippen molar-refractivity contribution in [3.8, 4) is 0 Å². The van der Waals surface area contributed by atoms with Crippen LogP contribution < -0.4 is 0 Å². The first kappa shape index (κ1) is 11.7. The van der Waals surface area contributed by atoms with Gasteiger partial charge >= 0.3 is 5.97 Å². The molecule has 0 heterocycles. The second-order valence-corrected chi connectivity index (χ2v) is 3.54. The molecule has 3 heteroatoms. The zero-order valence-corrected chi connectivity index (χ0v) is 9.65. The van der Waals surface area contributed by atoms with Crippen LogP contribution in [0.5, 0.6) is 0 Å². The molecule has 0 amide bonds. The molecule has 0 saturated heterocycles. The minimum absolute atomic E-state index is 0.827. The third-order valence-corrected chi connectivity index (χ3v) is 2.13. The highest BCUT2D eigenvalue weighted by Crippen LogP contribution is 2.07. The molecule has 0 aliphatic carbocycles. The van der Waals surface area contributed by atoms with E-state index in [1.165, 1.54) is 0 Å². The molecular weight excluding hydrogens is 256 g/mol. The molecule has 0 aromatic heterocycles. The van der Waals surface area contributed by atoms with Gasteiger partial charge in [0.1, 0.15) is 0 Å². The van der Waals surface area contributed by atoms with Crippen molar-refractivity contribution < 1.29 is 9.90 Å². The van der Waals surface area contributed by atoms with Crippen LogP contribution in [0.15, 0.2) is 36.4 Å². The van der Waals surface area contributed by atoms with Crippen molar-refractivity contribution in [1.29, 1.82) is 0 Å². The lowest BCUT2D eigenvalue weighted by atomic mass is 10.1. The van der Waals surface area contributed by atoms with Gasteiger partial charge in [-0.25, -0.2) is 4.79 Å². The zero-order chi connectivity index (χ0) is 11.1. The van der Waals surface area contributed by atoms with Crippen LogP contribution in [0.25, 0.3) is 12.2 Å². The predicted octanol–water partition coefficient (Wildman–Crippen LogP) is 3.19. The number of hydrogen-bond donors (Lipinski definition) is 1. The molecule has 78 valence electrons. The Morgan fingerprint density at radius 1 is 1.20 bits per heavy atom. The first-order valence-corrected chi connectivity index (χ1v) is 5.58. The van der Waals surface area contributed by atoms with Crippen molar-refractivity contribution in [2.75, 3.05) is 5.33 Å². The Bertz CT molecular complexity index is 377. The molecule has 0 aliphatic rings. The fourth-order valence-corrected chi connectivity index (χ4v) is 1.25. The van der Waals surface area contributed by atoms with E-state index < -0.39 is 5.97 Å². The number of allylic oxidation sites excluding steroid dienone is 1. The van der Waals surface area contributed by atoms with Gasteiger partial charge in [0.25, 0.3) is 0 Å². The largest absolute Gasteiger partial charge is 0.478 e. The smallest absolute Gasteiger partial charge is 0.328 e. The molecule has 0 fully saturated rings. The van der Waals surface area contributed by atoms with E-state index in [2.05, 4.69) is 15.9 Å². The molecule has 15 heavy (non-hydrogen) atoms. The minimum Gasteiger partial charge on any atom is -0.478 e. The van der Waals surface area contributed by atoms with E-state index in [1.54, 1.807) is 6.08 Å². The van der Waals surface area contributed by atoms with Crippen LogP contribution in [0.4, 0.5) is 0 Å². The van der Waals surface area contributed by atoms with Crippen LogP contribution in [0.1, 0.15) is 11.1 Å². The van der Waals surface area contributed by atoms with Gasteiger partial charge in [-0.15, -0.1) is 0 Å². The van der Waals surface area contributed by atoms with E-state index in [9.17, 15) is 4.79 Å². The van der Waals surface area contributed by atoms with Gasteiger partial charge in [0.2, 0.25) is 0 Å². The number of aliphatic carboxylic acids is 1. The molecule has 0 saturated carbocycles. The molecule has 0 aliphatic heterocycles. The Balaban J connectivity index is 2.72. The lowest BCUT2D eigenvalue weighted by Gasteiger charge is -1.94. The summed E-state index contributed by atoms with van der Waals surface area (Å²) < 4.78 is 0. The van der Waals surface area contributed by atoms with Crippen LogP contribution >= 0.6 is 15.9 Å². The molecule has 1 aromatic carbocycles. The Morgan fingerprint density at radius 3 is 2.20 bits per heavy atom. The Labute approximate surface area is 97.1 Å². The molecule has 2 nitrogen and oxygen atoms in total. The summed E-state index contributed by atoms with van der Waals surface area (Å²) in [5.41, 5.74) is 1.98. The Morgan fingerprint density at radius 2 is 1.73 bits per heavy atom. The lowest BCUT2D eigenvalue weighted by Crippen LogP contribution is -1.85. The number of hydrogen-bond acceptors (Lipinski definition) is 1. The van der Waals surface area contributed by atoms with Gasteiger partial charge in [0.15, 0.2) is 0 Å². The quantitative estimate of drug-likeness (QED) is 0.672. The van der Waals surface area contributed by atoms with Crippen molar-refractivity contribution in [2.24, 2.45) is 0 Å². The van der Waals surface area contributed by atoms with Crippen LogP contribution in [0.2, 0.25) is 0 Å². The second-order valence-electron chi connectivity index (χ2n) is 2.89. The Hall–Kier alpha value is -1.35. The molecule has 0 radical (unpaired) electrons. The average Bonchev–Trinajstić information content (AvgIpc) is 2.25. The first-order valence-electron chi connectivity index (χ1n) is 4.46. The highest BCUT2D eigenvalue weighted by molar-refractivity contribution is 9.09. The van der Waals surface area contributed by atoms with Crippen molar-refractivity contribution in [3.63, 3.8) is 0 Å². The minimum atomic E-state index is -0.932. The number of carboxylic acid groups (broad SMARTS) is 1. The maximum Gasteiger partial charge on any atom is 0.328 e. The maximum atomic E-state index is 10.3. The topological polar surface area (TPSA) is 37.3 Å². The van der Waals surface area contributed by atoms with E-state index >= 15 is 0 Å². The molecule has 1 rings (SSSR count). The summed E-state index contributed by atoms with van der Waals surface area (Å²) in [6.07, 6.45) is 6.70. The van der Waals surface area contributed by atoms with Crippen LogP contribution in [-0.2, 0) is 4.79 Å². The normalized spacial score (nSPS) is 11.3. The lowest BCUT2D eigenvalue weighted by molar-refractivity contribution is -0.131. The average molecular weight is 267 g/mol. The fraction of sp³-hybridized carbons (Fsp3) is 0.0833. The number of halogens is 1. The summed E-state index contributed by atoms with van der Waals surface area (Å²) in [6, 6.07) is 7.65. The SMILES string of the molecule is O=C(O)/C=C/c1ccc(C=CCBr)cc1. The molecule has 0 atom stereocenters. The van der Waals surface area contributed by atoms with E-state index in [0.29, 0.717) is 0 Å². The Kier molecular flexibility index (Phi) is 4.84. The number of carbonyl (C=O) groups is 1. The molecule has 1 N–H and O–H groups in total. The van der Waals surface area contributed by atoms with Gasteiger partial charge in [-0.3, -0.25) is 0 Å². The van der Waals surface area contributed by atoms with Crippen molar-refractivity contribution in [2.45, 2.75) is 0 Å². The monoisotopic (exact) mass is 266 g/mol. The van der Waals surface area contributed by atoms with E-state index in [4.69, 9.17) is 5.11 Å². The van der Waals surface area contributed by atoms with Crippen molar-refractivity contribution >= 4 is 34.1 Å². The van der Waals surface area contributed by atoms with Crippen LogP contribution in [-0.4, -0.2) is 16.4 Å². The summed E-state index contributed by atoms with van der Waals surface area (Å²) >= 11 is 3.30. The predicted molar refractivity (Wildman–Crippen MR) is 65.9 cm³/mol. The molecule has 1 aromatic rings. The van der Waals surface area contributed by atoms with E-state index in [0.717, 1.165) is 22.5 Å². The highest BCUT2D eigenvalue weighted by atomic mass is 79.9. The van der Waals surface area contributed by atoms with Gasteiger partial charge in [-0.2, -0.15) is 0 Å². The second kappa shape index (κ2) is 6.19. The number of benzene rings is 1. The highest BCUT2D eigenvalue weighted by Gasteiger charge is 1.90. The van der Waals surface area contributed by atoms with E-state index in [1.807, 2.05) is 36.4 Å². The molecule has 0 unspecified atom stereocenters. The first-order chi connectivity index (χ1) is 7.22. The van der Waals surface area contributed by atoms with E-state index in [-0.39, 0.29) is 0 Å². The standard InChI is InChI=1S/C12H11BrO2/c13-9-1-2-10-3-5-11(6-4-10)7-8-12(14)15/h1-8H,9H2,(H,14,15)/b2-1?,8-7+. The van der Waals surface area contributed by atoms with Crippen molar-refractivity contribution in [3.05, 3.63) is 47.5 Å². The summed E-state index contributed by atoms with van der Waals surface area (Å²) in [5.74, 6) is -0.932. The summed E-state index contributed by atoms with van der Waals surface area (Å²) in [7, 11) is 0. The van der Waals surface area contributed by atoms with Gasteiger partial charge < -0.3 is 5.11 Å². The molecule has 0 spiro atoms. The van der Waals surface area contributed by atoms with Gasteiger partial charge in [-0.05, 0) is 17.2 Å². The number of alkyl halides is 1. The van der Waals surface area contributed by atoms with Crippen molar-refractivity contribution in [1.82, 2.24) is 0 Å². The summed E-state index contributed by atoms with van der Waals surface area (Å²) in [5, 5.41) is 9.27. The van der Waals surface area contributed by atoms with Crippen LogP contribution in [0.3, 0.4) is 0 Å². The van der Waals surface area contributed by atoms with Crippen LogP contribution in [0, 0.1) is 0 Å². The summed E-state index contributed by atoms with van der Waals surface area (Å²) in [6.45, 7) is 0. The fourth-order valence-electron chi connectivity index (χ4n) is 1.07. The number of carboxylic acids is 1.